The Morgan fingerprint density at radius 2 is 1.93 bits per heavy atom. The maximum atomic E-state index is 5.48. The van der Waals surface area contributed by atoms with Gasteiger partial charge < -0.3 is 26.5 Å². The Morgan fingerprint density at radius 3 is 2.43 bits per heavy atom. The Kier molecular flexibility index (Phi) is 9.87. The van der Waals surface area contributed by atoms with E-state index in [0.29, 0.717) is 0 Å². The molecule has 0 aliphatic carbocycles. The molecule has 74 valence electrons. The standard InChI is InChI=1S/C10H13O2.BrH.Mg/c1-8(2)12-10-7-5-4-6-9(10)11-3;;/h4,6-8H,1-3H3;1H;/q-1;;+2/p-1. The van der Waals surface area contributed by atoms with E-state index in [0.717, 1.165) is 11.5 Å². The molecule has 0 atom stereocenters. The van der Waals surface area contributed by atoms with Crippen molar-refractivity contribution >= 4 is 23.1 Å². The Morgan fingerprint density at radius 1 is 1.29 bits per heavy atom. The van der Waals surface area contributed by atoms with Crippen molar-refractivity contribution in [3.8, 4) is 11.5 Å². The van der Waals surface area contributed by atoms with Gasteiger partial charge in [-0.1, -0.05) is 0 Å². The molecule has 0 aliphatic rings. The zero-order valence-electron chi connectivity index (χ0n) is 8.71. The molecule has 0 amide bonds. The van der Waals surface area contributed by atoms with Gasteiger partial charge in [-0.15, -0.1) is 12.1 Å². The van der Waals surface area contributed by atoms with Crippen LogP contribution in [0.5, 0.6) is 11.5 Å². The predicted octanol–water partition coefficient (Wildman–Crippen LogP) is -1.09. The molecule has 1 rings (SSSR count). The van der Waals surface area contributed by atoms with Crippen molar-refractivity contribution in [3.63, 3.8) is 0 Å². The van der Waals surface area contributed by atoms with E-state index in [9.17, 15) is 0 Å². The first-order chi connectivity index (χ1) is 5.74. The van der Waals surface area contributed by atoms with Gasteiger partial charge in [0.25, 0.3) is 0 Å². The van der Waals surface area contributed by atoms with Crippen LogP contribution in [0, 0.1) is 6.07 Å². The van der Waals surface area contributed by atoms with Crippen LogP contribution in [-0.2, 0) is 0 Å². The van der Waals surface area contributed by atoms with E-state index >= 15 is 0 Å². The second kappa shape index (κ2) is 8.38. The molecule has 0 aromatic heterocycles. The van der Waals surface area contributed by atoms with Crippen LogP contribution in [-0.4, -0.2) is 36.3 Å². The van der Waals surface area contributed by atoms with Gasteiger partial charge in [0.05, 0.1) is 19.0 Å². The number of halogens is 1. The fourth-order valence-corrected chi connectivity index (χ4v) is 0.916. The Bertz CT molecular complexity index is 254. The number of ether oxygens (including phenoxy) is 2. The van der Waals surface area contributed by atoms with E-state index in [1.54, 1.807) is 19.2 Å². The van der Waals surface area contributed by atoms with Crippen molar-refractivity contribution in [2.45, 2.75) is 20.0 Å². The van der Waals surface area contributed by atoms with Crippen molar-refractivity contribution in [2.75, 3.05) is 7.11 Å². The van der Waals surface area contributed by atoms with E-state index in [1.807, 2.05) is 19.9 Å². The van der Waals surface area contributed by atoms with Crippen LogP contribution >= 0.6 is 0 Å². The number of benzene rings is 1. The SMILES string of the molecule is COc1cc[c-]cc1OC(C)C.[Br-].[Mg+2]. The first-order valence-electron chi connectivity index (χ1n) is 3.94. The zero-order valence-corrected chi connectivity index (χ0v) is 11.7. The molecule has 4 heteroatoms. The largest absolute Gasteiger partial charge is 2.00 e. The van der Waals surface area contributed by atoms with E-state index in [2.05, 4.69) is 6.07 Å². The van der Waals surface area contributed by atoms with Gasteiger partial charge in [-0.05, 0) is 13.8 Å². The molecular formula is C10H13BrMgO2. The molecular weight excluding hydrogens is 256 g/mol. The summed E-state index contributed by atoms with van der Waals surface area (Å²) in [5, 5.41) is 0. The van der Waals surface area contributed by atoms with Gasteiger partial charge >= 0.3 is 23.1 Å². The monoisotopic (exact) mass is 268 g/mol. The van der Waals surface area contributed by atoms with Crippen LogP contribution in [0.25, 0.3) is 0 Å². The van der Waals surface area contributed by atoms with Gasteiger partial charge in [0.15, 0.2) is 0 Å². The molecule has 0 unspecified atom stereocenters. The van der Waals surface area contributed by atoms with Gasteiger partial charge in [-0.3, -0.25) is 0 Å². The predicted molar refractivity (Wildman–Crippen MR) is 53.3 cm³/mol. The first-order valence-corrected chi connectivity index (χ1v) is 3.94. The van der Waals surface area contributed by atoms with Crippen LogP contribution in [0.1, 0.15) is 13.8 Å². The fraction of sp³-hybridized carbons (Fsp3) is 0.400. The van der Waals surface area contributed by atoms with Crippen LogP contribution in [0.2, 0.25) is 0 Å². The van der Waals surface area contributed by atoms with Gasteiger partial charge in [0, 0.05) is 5.75 Å². The smallest absolute Gasteiger partial charge is 1.00 e. The molecule has 14 heavy (non-hydrogen) atoms. The molecule has 1 aromatic rings. The number of methoxy groups -OCH3 is 1. The first kappa shape index (κ1) is 16.5. The Hall–Kier alpha value is 0.0662. The molecule has 0 saturated carbocycles. The van der Waals surface area contributed by atoms with Gasteiger partial charge in [0.1, 0.15) is 0 Å². The maximum absolute atomic E-state index is 5.48. The normalized spacial score (nSPS) is 8.57. The van der Waals surface area contributed by atoms with Crippen LogP contribution in [0.3, 0.4) is 0 Å². The summed E-state index contributed by atoms with van der Waals surface area (Å²) in [7, 11) is 1.63. The second-order valence-electron chi connectivity index (χ2n) is 2.74. The average molecular weight is 269 g/mol. The molecule has 0 spiro atoms. The van der Waals surface area contributed by atoms with Crippen molar-refractivity contribution in [1.82, 2.24) is 0 Å². The van der Waals surface area contributed by atoms with Crippen molar-refractivity contribution in [2.24, 2.45) is 0 Å². The molecule has 0 bridgehead atoms. The third-order valence-electron chi connectivity index (χ3n) is 1.37. The summed E-state index contributed by atoms with van der Waals surface area (Å²) in [6, 6.07) is 8.34. The number of rotatable bonds is 3. The van der Waals surface area contributed by atoms with Crippen molar-refractivity contribution in [3.05, 3.63) is 24.3 Å². The molecule has 0 fully saturated rings. The van der Waals surface area contributed by atoms with E-state index in [-0.39, 0.29) is 46.1 Å². The van der Waals surface area contributed by atoms with E-state index in [4.69, 9.17) is 9.47 Å². The Labute approximate surface area is 112 Å². The second-order valence-corrected chi connectivity index (χ2v) is 2.74. The summed E-state index contributed by atoms with van der Waals surface area (Å²) in [6.45, 7) is 3.96. The third kappa shape index (κ3) is 5.07. The fourth-order valence-electron chi connectivity index (χ4n) is 0.916. The number of hydrogen-bond acceptors (Lipinski definition) is 2. The minimum atomic E-state index is 0. The third-order valence-corrected chi connectivity index (χ3v) is 1.37. The molecule has 0 N–H and O–H groups in total. The minimum Gasteiger partial charge on any atom is -1.00 e. The van der Waals surface area contributed by atoms with Crippen LogP contribution in [0.4, 0.5) is 0 Å². The van der Waals surface area contributed by atoms with Crippen molar-refractivity contribution < 1.29 is 26.5 Å². The van der Waals surface area contributed by atoms with E-state index < -0.39 is 0 Å². The summed E-state index contributed by atoms with van der Waals surface area (Å²) < 4.78 is 10.6. The minimum absolute atomic E-state index is 0. The quantitative estimate of drug-likeness (QED) is 0.513. The van der Waals surface area contributed by atoms with Gasteiger partial charge in [-0.2, -0.15) is 12.1 Å². The van der Waals surface area contributed by atoms with Gasteiger partial charge in [-0.25, -0.2) is 0 Å². The van der Waals surface area contributed by atoms with Crippen LogP contribution < -0.4 is 26.5 Å². The molecule has 2 nitrogen and oxygen atoms in total. The zero-order chi connectivity index (χ0) is 8.97. The molecule has 0 heterocycles. The van der Waals surface area contributed by atoms with E-state index in [1.165, 1.54) is 0 Å². The molecule has 0 radical (unpaired) electrons. The van der Waals surface area contributed by atoms with Crippen molar-refractivity contribution in [1.29, 1.82) is 0 Å². The summed E-state index contributed by atoms with van der Waals surface area (Å²) in [5.41, 5.74) is 0. The summed E-state index contributed by atoms with van der Waals surface area (Å²) in [4.78, 5) is 0. The average Bonchev–Trinajstić information content (AvgIpc) is 2.04. The van der Waals surface area contributed by atoms with Crippen LogP contribution in [0.15, 0.2) is 18.2 Å². The maximum Gasteiger partial charge on any atom is 2.00 e. The molecule has 1 aromatic carbocycles. The van der Waals surface area contributed by atoms with Gasteiger partial charge in [0.2, 0.25) is 0 Å². The number of hydrogen-bond donors (Lipinski definition) is 0. The molecule has 0 saturated heterocycles. The summed E-state index contributed by atoms with van der Waals surface area (Å²) in [6.07, 6.45) is 0.162. The Balaban J connectivity index is 0. The summed E-state index contributed by atoms with van der Waals surface area (Å²) in [5.74, 6) is 1.50. The topological polar surface area (TPSA) is 18.5 Å². The molecule has 0 aliphatic heterocycles. The summed E-state index contributed by atoms with van der Waals surface area (Å²) >= 11 is 0.